The maximum absolute atomic E-state index is 8.33. The van der Waals surface area contributed by atoms with E-state index in [1.807, 2.05) is 6.07 Å². The number of hydrogen-bond donors (Lipinski definition) is 0. The van der Waals surface area contributed by atoms with Crippen molar-refractivity contribution in [3.63, 3.8) is 0 Å². The first-order valence-corrected chi connectivity index (χ1v) is 4.09. The molecule has 0 amide bonds. The zero-order valence-corrected chi connectivity index (χ0v) is 7.50. The summed E-state index contributed by atoms with van der Waals surface area (Å²) in [7, 11) is 0. The van der Waals surface area contributed by atoms with Gasteiger partial charge in [0.25, 0.3) is 0 Å². The summed E-state index contributed by atoms with van der Waals surface area (Å²) in [6.45, 7) is 0. The molecule has 0 aliphatic carbocycles. The second kappa shape index (κ2) is 4.09. The van der Waals surface area contributed by atoms with Crippen molar-refractivity contribution in [2.45, 2.75) is 12.8 Å². The van der Waals surface area contributed by atoms with Gasteiger partial charge in [0.1, 0.15) is 0 Å². The summed E-state index contributed by atoms with van der Waals surface area (Å²) in [6, 6.07) is 3.98. The molecule has 0 spiro atoms. The number of nitriles is 1. The topological polar surface area (TPSA) is 36.7 Å². The molecule has 1 aromatic rings. The van der Waals surface area contributed by atoms with Crippen molar-refractivity contribution >= 4 is 15.9 Å². The lowest BCUT2D eigenvalue weighted by molar-refractivity contribution is 0.988. The number of aromatic nitrogens is 1. The molecule has 0 aliphatic heterocycles. The van der Waals surface area contributed by atoms with Gasteiger partial charge in [0.05, 0.1) is 6.07 Å². The van der Waals surface area contributed by atoms with Gasteiger partial charge in [0.2, 0.25) is 0 Å². The number of aryl methyl sites for hydroxylation is 1. The van der Waals surface area contributed by atoms with E-state index in [1.54, 1.807) is 12.4 Å². The lowest BCUT2D eigenvalue weighted by Crippen LogP contribution is -1.86. The Morgan fingerprint density at radius 1 is 1.64 bits per heavy atom. The minimum absolute atomic E-state index is 0.546. The molecule has 0 atom stereocenters. The largest absolute Gasteiger partial charge is 0.264 e. The highest BCUT2D eigenvalue weighted by molar-refractivity contribution is 9.10. The van der Waals surface area contributed by atoms with Gasteiger partial charge in [0, 0.05) is 23.3 Å². The number of nitrogens with zero attached hydrogens (tertiary/aromatic N) is 2. The highest BCUT2D eigenvalue weighted by atomic mass is 79.9. The van der Waals surface area contributed by atoms with Crippen molar-refractivity contribution in [2.24, 2.45) is 0 Å². The SMILES string of the molecule is N#CCCc1cnccc1Br. The van der Waals surface area contributed by atoms with Crippen molar-refractivity contribution in [2.75, 3.05) is 0 Å². The summed E-state index contributed by atoms with van der Waals surface area (Å²) >= 11 is 3.38. The number of pyridine rings is 1. The van der Waals surface area contributed by atoms with Gasteiger partial charge in [0.15, 0.2) is 0 Å². The third-order valence-electron chi connectivity index (χ3n) is 1.35. The van der Waals surface area contributed by atoms with Crippen LogP contribution in [0.4, 0.5) is 0 Å². The van der Waals surface area contributed by atoms with Gasteiger partial charge in [-0.1, -0.05) is 15.9 Å². The van der Waals surface area contributed by atoms with E-state index in [0.29, 0.717) is 6.42 Å². The summed E-state index contributed by atoms with van der Waals surface area (Å²) in [6.07, 6.45) is 4.82. The molecule has 0 bridgehead atoms. The summed E-state index contributed by atoms with van der Waals surface area (Å²) in [4.78, 5) is 3.96. The lowest BCUT2D eigenvalue weighted by atomic mass is 10.2. The molecule has 0 aromatic carbocycles. The first kappa shape index (κ1) is 8.22. The maximum atomic E-state index is 8.33. The van der Waals surface area contributed by atoms with Crippen molar-refractivity contribution in [1.29, 1.82) is 5.26 Å². The molecular formula is C8H7BrN2. The van der Waals surface area contributed by atoms with Crippen molar-refractivity contribution < 1.29 is 0 Å². The molecule has 0 aliphatic rings. The van der Waals surface area contributed by atoms with Gasteiger partial charge in [-0.05, 0) is 18.1 Å². The smallest absolute Gasteiger partial charge is 0.0625 e. The molecule has 2 nitrogen and oxygen atoms in total. The van der Waals surface area contributed by atoms with Crippen LogP contribution >= 0.6 is 15.9 Å². The fourth-order valence-electron chi connectivity index (χ4n) is 0.785. The normalized spacial score (nSPS) is 9.09. The van der Waals surface area contributed by atoms with Crippen LogP contribution in [0.15, 0.2) is 22.9 Å². The third-order valence-corrected chi connectivity index (χ3v) is 2.12. The van der Waals surface area contributed by atoms with E-state index in [0.717, 1.165) is 16.5 Å². The predicted octanol–water partition coefficient (Wildman–Crippen LogP) is 2.30. The molecule has 0 unspecified atom stereocenters. The van der Waals surface area contributed by atoms with E-state index in [4.69, 9.17) is 5.26 Å². The first-order chi connectivity index (χ1) is 5.34. The van der Waals surface area contributed by atoms with E-state index in [1.165, 1.54) is 0 Å². The third kappa shape index (κ3) is 2.32. The number of halogens is 1. The maximum Gasteiger partial charge on any atom is 0.0625 e. The monoisotopic (exact) mass is 210 g/mol. The van der Waals surface area contributed by atoms with Gasteiger partial charge in [-0.15, -0.1) is 0 Å². The molecular weight excluding hydrogens is 204 g/mol. The van der Waals surface area contributed by atoms with Crippen molar-refractivity contribution in [1.82, 2.24) is 4.98 Å². The zero-order chi connectivity index (χ0) is 8.10. The van der Waals surface area contributed by atoms with Crippen molar-refractivity contribution in [3.8, 4) is 6.07 Å². The van der Waals surface area contributed by atoms with Crippen LogP contribution in [0.3, 0.4) is 0 Å². The van der Waals surface area contributed by atoms with Gasteiger partial charge in [-0.25, -0.2) is 0 Å². The van der Waals surface area contributed by atoms with Crippen LogP contribution in [0.1, 0.15) is 12.0 Å². The van der Waals surface area contributed by atoms with Crippen LogP contribution in [0, 0.1) is 11.3 Å². The highest BCUT2D eigenvalue weighted by Crippen LogP contribution is 2.15. The molecule has 0 fully saturated rings. The lowest BCUT2D eigenvalue weighted by Gasteiger charge is -1.97. The second-order valence-corrected chi connectivity index (χ2v) is 2.98. The highest BCUT2D eigenvalue weighted by Gasteiger charge is 1.96. The van der Waals surface area contributed by atoms with Crippen LogP contribution in [0.2, 0.25) is 0 Å². The van der Waals surface area contributed by atoms with Crippen LogP contribution < -0.4 is 0 Å². The van der Waals surface area contributed by atoms with Crippen LogP contribution in [0.25, 0.3) is 0 Å². The van der Waals surface area contributed by atoms with E-state index in [-0.39, 0.29) is 0 Å². The molecule has 0 radical (unpaired) electrons. The van der Waals surface area contributed by atoms with Crippen LogP contribution in [-0.2, 0) is 6.42 Å². The molecule has 3 heteroatoms. The van der Waals surface area contributed by atoms with Gasteiger partial charge in [-0.2, -0.15) is 5.26 Å². The quantitative estimate of drug-likeness (QED) is 0.752. The Bertz CT molecular complexity index is 278. The molecule has 11 heavy (non-hydrogen) atoms. The second-order valence-electron chi connectivity index (χ2n) is 2.13. The Balaban J connectivity index is 2.71. The number of rotatable bonds is 2. The Morgan fingerprint density at radius 3 is 3.09 bits per heavy atom. The fourth-order valence-corrected chi connectivity index (χ4v) is 1.20. The van der Waals surface area contributed by atoms with E-state index in [2.05, 4.69) is 27.0 Å². The number of hydrogen-bond acceptors (Lipinski definition) is 2. The summed E-state index contributed by atoms with van der Waals surface area (Å²) in [5.74, 6) is 0. The average molecular weight is 211 g/mol. The molecule has 0 N–H and O–H groups in total. The van der Waals surface area contributed by atoms with E-state index < -0.39 is 0 Å². The summed E-state index contributed by atoms with van der Waals surface area (Å²) in [5, 5.41) is 8.33. The van der Waals surface area contributed by atoms with E-state index in [9.17, 15) is 0 Å². The van der Waals surface area contributed by atoms with Gasteiger partial charge >= 0.3 is 0 Å². The molecule has 0 saturated carbocycles. The van der Waals surface area contributed by atoms with Crippen LogP contribution in [0.5, 0.6) is 0 Å². The molecule has 1 aromatic heterocycles. The Hall–Kier alpha value is -0.880. The standard InChI is InChI=1S/C8H7BrN2/c9-8-3-5-11-6-7(8)2-1-4-10/h3,5-6H,1-2H2. The zero-order valence-electron chi connectivity index (χ0n) is 5.92. The Kier molecular flexibility index (Phi) is 3.06. The molecule has 1 rings (SSSR count). The van der Waals surface area contributed by atoms with Crippen molar-refractivity contribution in [3.05, 3.63) is 28.5 Å². The van der Waals surface area contributed by atoms with Crippen LogP contribution in [-0.4, -0.2) is 4.98 Å². The Morgan fingerprint density at radius 2 is 2.45 bits per heavy atom. The predicted molar refractivity (Wildman–Crippen MR) is 45.9 cm³/mol. The first-order valence-electron chi connectivity index (χ1n) is 3.30. The minimum Gasteiger partial charge on any atom is -0.264 e. The molecule has 1 heterocycles. The van der Waals surface area contributed by atoms with Gasteiger partial charge in [-0.3, -0.25) is 4.98 Å². The Labute approximate surface area is 74.0 Å². The summed E-state index contributed by atoms with van der Waals surface area (Å²) in [5.41, 5.74) is 1.09. The minimum atomic E-state index is 0.546. The molecule has 56 valence electrons. The van der Waals surface area contributed by atoms with E-state index >= 15 is 0 Å². The van der Waals surface area contributed by atoms with Gasteiger partial charge < -0.3 is 0 Å². The fraction of sp³-hybridized carbons (Fsp3) is 0.250. The molecule has 0 saturated heterocycles. The summed E-state index contributed by atoms with van der Waals surface area (Å²) < 4.78 is 1.03. The average Bonchev–Trinajstić information content (AvgIpc) is 2.03.